The van der Waals surface area contributed by atoms with E-state index in [1.165, 1.54) is 0 Å². The van der Waals surface area contributed by atoms with Crippen molar-refractivity contribution >= 4 is 5.96 Å². The summed E-state index contributed by atoms with van der Waals surface area (Å²) in [6.07, 6.45) is 0. The molecule has 0 heterocycles. The highest BCUT2D eigenvalue weighted by molar-refractivity contribution is 5.79. The van der Waals surface area contributed by atoms with Crippen LogP contribution in [-0.2, 0) is 13.1 Å². The molecule has 0 radical (unpaired) electrons. The van der Waals surface area contributed by atoms with E-state index in [0.717, 1.165) is 34.9 Å². The average Bonchev–Trinajstić information content (AvgIpc) is 2.70. The Labute approximate surface area is 161 Å². The third kappa shape index (κ3) is 5.81. The Kier molecular flexibility index (Phi) is 7.79. The van der Waals surface area contributed by atoms with Crippen LogP contribution in [0, 0.1) is 6.92 Å². The number of aryl methyl sites for hydroxylation is 1. The summed E-state index contributed by atoms with van der Waals surface area (Å²) in [5, 5.41) is 6.62. The van der Waals surface area contributed by atoms with Crippen LogP contribution >= 0.6 is 0 Å². The molecule has 0 saturated heterocycles. The number of guanidine groups is 1. The third-order valence-corrected chi connectivity index (χ3v) is 4.14. The van der Waals surface area contributed by atoms with Crippen molar-refractivity contribution in [2.45, 2.75) is 26.9 Å². The van der Waals surface area contributed by atoms with E-state index in [1.54, 1.807) is 21.3 Å². The molecular formula is C21H29N3O3. The summed E-state index contributed by atoms with van der Waals surface area (Å²) in [4.78, 5) is 4.66. The molecule has 2 aromatic rings. The smallest absolute Gasteiger partial charge is 0.191 e. The van der Waals surface area contributed by atoms with Crippen LogP contribution in [0.3, 0.4) is 0 Å². The van der Waals surface area contributed by atoms with Gasteiger partial charge >= 0.3 is 0 Å². The van der Waals surface area contributed by atoms with Crippen molar-refractivity contribution in [2.75, 3.05) is 27.9 Å². The van der Waals surface area contributed by atoms with Gasteiger partial charge in [0.05, 0.1) is 27.9 Å². The first kappa shape index (κ1) is 20.4. The van der Waals surface area contributed by atoms with Crippen LogP contribution in [0.15, 0.2) is 41.4 Å². The molecule has 0 fully saturated rings. The van der Waals surface area contributed by atoms with Gasteiger partial charge in [-0.1, -0.05) is 18.2 Å². The summed E-state index contributed by atoms with van der Waals surface area (Å²) < 4.78 is 16.0. The van der Waals surface area contributed by atoms with Gasteiger partial charge in [-0.25, -0.2) is 4.99 Å². The fraction of sp³-hybridized carbons (Fsp3) is 0.381. The number of rotatable bonds is 8. The zero-order valence-electron chi connectivity index (χ0n) is 16.8. The van der Waals surface area contributed by atoms with E-state index in [1.807, 2.05) is 38.1 Å². The van der Waals surface area contributed by atoms with Gasteiger partial charge in [-0.3, -0.25) is 0 Å². The Balaban J connectivity index is 2.06. The van der Waals surface area contributed by atoms with Gasteiger partial charge in [0.15, 0.2) is 17.5 Å². The molecule has 146 valence electrons. The van der Waals surface area contributed by atoms with E-state index in [2.05, 4.69) is 27.8 Å². The number of methoxy groups -OCH3 is 3. The number of benzene rings is 2. The third-order valence-electron chi connectivity index (χ3n) is 4.14. The average molecular weight is 371 g/mol. The summed E-state index contributed by atoms with van der Waals surface area (Å²) >= 11 is 0. The first-order valence-corrected chi connectivity index (χ1v) is 8.97. The van der Waals surface area contributed by atoms with E-state index in [9.17, 15) is 0 Å². The summed E-state index contributed by atoms with van der Waals surface area (Å²) in [6, 6.07) is 12.0. The molecule has 0 atom stereocenters. The Morgan fingerprint density at radius 1 is 0.852 bits per heavy atom. The lowest BCUT2D eigenvalue weighted by atomic mass is 10.1. The van der Waals surface area contributed by atoms with Crippen molar-refractivity contribution in [3.05, 3.63) is 53.1 Å². The fourth-order valence-electron chi connectivity index (χ4n) is 2.65. The normalized spacial score (nSPS) is 11.1. The Hall–Kier alpha value is -2.89. The summed E-state index contributed by atoms with van der Waals surface area (Å²) in [5.74, 6) is 3.06. The number of nitrogens with one attached hydrogen (secondary N) is 2. The molecule has 0 bridgehead atoms. The second-order valence-corrected chi connectivity index (χ2v) is 6.04. The van der Waals surface area contributed by atoms with Gasteiger partial charge in [-0.2, -0.15) is 0 Å². The topological polar surface area (TPSA) is 64.1 Å². The summed E-state index contributed by atoms with van der Waals surface area (Å²) in [7, 11) is 4.95. The van der Waals surface area contributed by atoms with Crippen molar-refractivity contribution in [3.63, 3.8) is 0 Å². The van der Waals surface area contributed by atoms with Crippen LogP contribution in [0.1, 0.15) is 23.6 Å². The van der Waals surface area contributed by atoms with Crippen LogP contribution in [0.2, 0.25) is 0 Å². The second kappa shape index (κ2) is 10.3. The molecule has 0 spiro atoms. The monoisotopic (exact) mass is 371 g/mol. The largest absolute Gasteiger partial charge is 0.496 e. The molecule has 0 aliphatic carbocycles. The van der Waals surface area contributed by atoms with Crippen LogP contribution < -0.4 is 24.8 Å². The van der Waals surface area contributed by atoms with Crippen LogP contribution in [0.4, 0.5) is 0 Å². The van der Waals surface area contributed by atoms with Crippen molar-refractivity contribution < 1.29 is 14.2 Å². The first-order chi connectivity index (χ1) is 13.1. The van der Waals surface area contributed by atoms with Gasteiger partial charge in [0.1, 0.15) is 5.75 Å². The van der Waals surface area contributed by atoms with Crippen LogP contribution in [-0.4, -0.2) is 33.8 Å². The lowest BCUT2D eigenvalue weighted by Crippen LogP contribution is -2.36. The lowest BCUT2D eigenvalue weighted by molar-refractivity contribution is 0.354. The van der Waals surface area contributed by atoms with E-state index in [-0.39, 0.29) is 0 Å². The number of hydrogen-bond donors (Lipinski definition) is 2. The minimum atomic E-state index is 0.535. The van der Waals surface area contributed by atoms with Crippen LogP contribution in [0.25, 0.3) is 0 Å². The minimum Gasteiger partial charge on any atom is -0.496 e. The molecule has 2 rings (SSSR count). The molecule has 0 aliphatic rings. The molecular weight excluding hydrogens is 342 g/mol. The van der Waals surface area contributed by atoms with Crippen molar-refractivity contribution in [1.82, 2.24) is 10.6 Å². The maximum Gasteiger partial charge on any atom is 0.191 e. The summed E-state index contributed by atoms with van der Waals surface area (Å²) in [5.41, 5.74) is 3.30. The standard InChI is InChI=1S/C21H29N3O3/c1-6-22-21(23-13-16-8-7-15(2)19(11-16)26-4)24-14-17-9-10-18(25-3)20(12-17)27-5/h7-12H,6,13-14H2,1-5H3,(H2,22,23,24). The SMILES string of the molecule is CCNC(=NCc1ccc(OC)c(OC)c1)NCc1ccc(C)c(OC)c1. The first-order valence-electron chi connectivity index (χ1n) is 8.97. The van der Waals surface area contributed by atoms with Gasteiger partial charge in [-0.15, -0.1) is 0 Å². The quantitative estimate of drug-likeness (QED) is 0.551. The maximum absolute atomic E-state index is 5.39. The van der Waals surface area contributed by atoms with Gasteiger partial charge in [0, 0.05) is 13.1 Å². The molecule has 0 aromatic heterocycles. The number of ether oxygens (including phenoxy) is 3. The lowest BCUT2D eigenvalue weighted by Gasteiger charge is -2.13. The highest BCUT2D eigenvalue weighted by Crippen LogP contribution is 2.27. The van der Waals surface area contributed by atoms with Gasteiger partial charge in [-0.05, 0) is 48.7 Å². The molecule has 0 aliphatic heterocycles. The Morgan fingerprint density at radius 2 is 1.52 bits per heavy atom. The zero-order chi connectivity index (χ0) is 19.6. The highest BCUT2D eigenvalue weighted by Gasteiger charge is 2.05. The van der Waals surface area contributed by atoms with Crippen molar-refractivity contribution in [1.29, 1.82) is 0 Å². The van der Waals surface area contributed by atoms with Crippen molar-refractivity contribution in [3.8, 4) is 17.2 Å². The molecule has 2 N–H and O–H groups in total. The van der Waals surface area contributed by atoms with E-state index in [4.69, 9.17) is 14.2 Å². The predicted octanol–water partition coefficient (Wildman–Crippen LogP) is 3.28. The molecule has 2 aromatic carbocycles. The predicted molar refractivity (Wildman–Crippen MR) is 109 cm³/mol. The second-order valence-electron chi connectivity index (χ2n) is 6.04. The van der Waals surface area contributed by atoms with E-state index in [0.29, 0.717) is 24.6 Å². The Morgan fingerprint density at radius 3 is 2.19 bits per heavy atom. The summed E-state index contributed by atoms with van der Waals surface area (Å²) in [6.45, 7) is 6.06. The van der Waals surface area contributed by atoms with Gasteiger partial charge in [0.25, 0.3) is 0 Å². The zero-order valence-corrected chi connectivity index (χ0v) is 16.8. The minimum absolute atomic E-state index is 0.535. The number of hydrogen-bond acceptors (Lipinski definition) is 4. The molecule has 6 heteroatoms. The van der Waals surface area contributed by atoms with E-state index >= 15 is 0 Å². The Bertz CT molecular complexity index is 775. The molecule has 0 unspecified atom stereocenters. The molecule has 27 heavy (non-hydrogen) atoms. The van der Waals surface area contributed by atoms with Crippen LogP contribution in [0.5, 0.6) is 17.2 Å². The number of aliphatic imine (C=N–C) groups is 1. The van der Waals surface area contributed by atoms with Crippen molar-refractivity contribution in [2.24, 2.45) is 4.99 Å². The fourth-order valence-corrected chi connectivity index (χ4v) is 2.65. The maximum atomic E-state index is 5.39. The highest BCUT2D eigenvalue weighted by atomic mass is 16.5. The number of nitrogens with zero attached hydrogens (tertiary/aromatic N) is 1. The molecule has 0 amide bonds. The van der Waals surface area contributed by atoms with E-state index < -0.39 is 0 Å². The van der Waals surface area contributed by atoms with Gasteiger partial charge in [0.2, 0.25) is 0 Å². The van der Waals surface area contributed by atoms with Gasteiger partial charge < -0.3 is 24.8 Å². The molecule has 6 nitrogen and oxygen atoms in total. The molecule has 0 saturated carbocycles.